The summed E-state index contributed by atoms with van der Waals surface area (Å²) in [7, 11) is 0. The van der Waals surface area contributed by atoms with Crippen molar-refractivity contribution < 1.29 is 4.74 Å². The number of rotatable bonds is 6. The van der Waals surface area contributed by atoms with E-state index >= 15 is 0 Å². The lowest BCUT2D eigenvalue weighted by Crippen LogP contribution is -2.26. The average Bonchev–Trinajstić information content (AvgIpc) is 2.91. The van der Waals surface area contributed by atoms with E-state index in [4.69, 9.17) is 4.74 Å². The molecule has 0 saturated carbocycles. The largest absolute Gasteiger partial charge is 0.377 e. The Morgan fingerprint density at radius 1 is 1.56 bits per heavy atom. The number of nitrogens with one attached hydrogen (secondary N) is 1. The Morgan fingerprint density at radius 2 is 2.50 bits per heavy atom. The zero-order valence-corrected chi connectivity index (χ0v) is 10.1. The second kappa shape index (κ2) is 6.06. The number of aromatic nitrogens is 1. The molecule has 1 atom stereocenters. The van der Waals surface area contributed by atoms with Gasteiger partial charge in [-0.15, -0.1) is 0 Å². The zero-order chi connectivity index (χ0) is 11.2. The smallest absolute Gasteiger partial charge is 0.0700 e. The highest BCUT2D eigenvalue weighted by Gasteiger charge is 2.14. The minimum atomic E-state index is 0.439. The lowest BCUT2D eigenvalue weighted by molar-refractivity contribution is 0.110. The maximum Gasteiger partial charge on any atom is 0.0700 e. The molecule has 0 amide bonds. The molecule has 0 radical (unpaired) electrons. The van der Waals surface area contributed by atoms with Crippen LogP contribution in [0.3, 0.4) is 0 Å². The van der Waals surface area contributed by atoms with E-state index in [9.17, 15) is 0 Å². The van der Waals surface area contributed by atoms with Crippen LogP contribution in [0.25, 0.3) is 0 Å². The van der Waals surface area contributed by atoms with E-state index in [1.54, 1.807) is 0 Å². The monoisotopic (exact) mass is 222 g/mol. The van der Waals surface area contributed by atoms with Gasteiger partial charge in [-0.05, 0) is 31.4 Å². The van der Waals surface area contributed by atoms with Gasteiger partial charge in [-0.2, -0.15) is 0 Å². The first kappa shape index (κ1) is 11.7. The van der Waals surface area contributed by atoms with Crippen molar-refractivity contribution in [3.8, 4) is 0 Å². The summed E-state index contributed by atoms with van der Waals surface area (Å²) in [6.45, 7) is 6.20. The molecule has 1 fully saturated rings. The third-order valence-corrected chi connectivity index (χ3v) is 3.09. The first-order valence-electron chi connectivity index (χ1n) is 6.36. The van der Waals surface area contributed by atoms with Gasteiger partial charge in [-0.1, -0.05) is 6.92 Å². The van der Waals surface area contributed by atoms with E-state index in [1.807, 2.05) is 0 Å². The molecule has 0 spiro atoms. The van der Waals surface area contributed by atoms with Crippen molar-refractivity contribution in [3.63, 3.8) is 0 Å². The highest BCUT2D eigenvalue weighted by molar-refractivity contribution is 5.06. The molecule has 3 heteroatoms. The van der Waals surface area contributed by atoms with Crippen LogP contribution in [0.2, 0.25) is 0 Å². The van der Waals surface area contributed by atoms with E-state index in [2.05, 4.69) is 35.1 Å². The van der Waals surface area contributed by atoms with Gasteiger partial charge in [0, 0.05) is 38.1 Å². The van der Waals surface area contributed by atoms with Crippen molar-refractivity contribution in [1.82, 2.24) is 9.88 Å². The fraction of sp³-hybridized carbons (Fsp3) is 0.692. The van der Waals surface area contributed by atoms with Crippen molar-refractivity contribution in [3.05, 3.63) is 24.0 Å². The van der Waals surface area contributed by atoms with Crippen molar-refractivity contribution in [2.75, 3.05) is 13.2 Å². The summed E-state index contributed by atoms with van der Waals surface area (Å²) in [4.78, 5) is 0. The molecule has 1 aromatic rings. The van der Waals surface area contributed by atoms with Gasteiger partial charge in [0.05, 0.1) is 6.10 Å². The summed E-state index contributed by atoms with van der Waals surface area (Å²) in [5, 5.41) is 3.48. The average molecular weight is 222 g/mol. The minimum Gasteiger partial charge on any atom is -0.377 e. The van der Waals surface area contributed by atoms with Gasteiger partial charge < -0.3 is 14.6 Å². The number of hydrogen-bond acceptors (Lipinski definition) is 2. The van der Waals surface area contributed by atoms with Gasteiger partial charge in [0.15, 0.2) is 0 Å². The predicted octanol–water partition coefficient (Wildman–Crippen LogP) is 2.17. The van der Waals surface area contributed by atoms with E-state index < -0.39 is 0 Å². The summed E-state index contributed by atoms with van der Waals surface area (Å²) >= 11 is 0. The van der Waals surface area contributed by atoms with Crippen LogP contribution in [0, 0.1) is 0 Å². The standard InChI is InChI=1S/C13H22N2O/c1-2-7-15-8-3-5-12(15)10-14-11-13-6-4-9-16-13/h3,5,8,13-14H,2,4,6-7,9-11H2,1H3. The molecule has 1 unspecified atom stereocenters. The Morgan fingerprint density at radius 3 is 3.25 bits per heavy atom. The first-order chi connectivity index (χ1) is 7.90. The van der Waals surface area contributed by atoms with Crippen LogP contribution in [0.4, 0.5) is 0 Å². The lowest BCUT2D eigenvalue weighted by Gasteiger charge is -2.12. The summed E-state index contributed by atoms with van der Waals surface area (Å²) in [6, 6.07) is 4.32. The molecule has 1 aliphatic rings. The minimum absolute atomic E-state index is 0.439. The summed E-state index contributed by atoms with van der Waals surface area (Å²) in [5.74, 6) is 0. The quantitative estimate of drug-likeness (QED) is 0.798. The molecule has 3 nitrogen and oxygen atoms in total. The molecule has 2 rings (SSSR count). The van der Waals surface area contributed by atoms with Gasteiger partial charge in [0.1, 0.15) is 0 Å². The van der Waals surface area contributed by atoms with Crippen molar-refractivity contribution in [2.24, 2.45) is 0 Å². The van der Waals surface area contributed by atoms with Gasteiger partial charge in [0.25, 0.3) is 0 Å². The Hall–Kier alpha value is -0.800. The second-order valence-corrected chi connectivity index (χ2v) is 4.46. The maximum atomic E-state index is 5.58. The van der Waals surface area contributed by atoms with Crippen molar-refractivity contribution in [2.45, 2.75) is 45.4 Å². The van der Waals surface area contributed by atoms with Gasteiger partial charge in [-0.3, -0.25) is 0 Å². The normalized spacial score (nSPS) is 20.4. The Kier molecular flexibility index (Phi) is 4.43. The van der Waals surface area contributed by atoms with Crippen LogP contribution >= 0.6 is 0 Å². The topological polar surface area (TPSA) is 26.2 Å². The molecule has 1 saturated heterocycles. The van der Waals surface area contributed by atoms with Crippen LogP contribution in [0.15, 0.2) is 18.3 Å². The molecule has 2 heterocycles. The molecule has 1 aromatic heterocycles. The molecular formula is C13H22N2O. The van der Waals surface area contributed by atoms with Crippen LogP contribution < -0.4 is 5.32 Å². The Labute approximate surface area is 97.8 Å². The molecule has 1 aliphatic heterocycles. The van der Waals surface area contributed by atoms with Crippen molar-refractivity contribution in [1.29, 1.82) is 0 Å². The fourth-order valence-electron chi connectivity index (χ4n) is 2.24. The zero-order valence-electron chi connectivity index (χ0n) is 10.1. The Balaban J connectivity index is 1.73. The van der Waals surface area contributed by atoms with Gasteiger partial charge >= 0.3 is 0 Å². The number of hydrogen-bond donors (Lipinski definition) is 1. The second-order valence-electron chi connectivity index (χ2n) is 4.46. The SMILES string of the molecule is CCCn1cccc1CNCC1CCCO1. The molecule has 0 aliphatic carbocycles. The molecule has 90 valence electrons. The molecule has 0 bridgehead atoms. The van der Waals surface area contributed by atoms with E-state index in [1.165, 1.54) is 25.0 Å². The third-order valence-electron chi connectivity index (χ3n) is 3.09. The molecule has 16 heavy (non-hydrogen) atoms. The highest BCUT2D eigenvalue weighted by Crippen LogP contribution is 2.11. The van der Waals surface area contributed by atoms with Crippen LogP contribution in [0.1, 0.15) is 31.9 Å². The van der Waals surface area contributed by atoms with Crippen molar-refractivity contribution >= 4 is 0 Å². The Bertz CT molecular complexity index is 303. The van der Waals surface area contributed by atoms with Gasteiger partial charge in [-0.25, -0.2) is 0 Å². The molecule has 1 N–H and O–H groups in total. The summed E-state index contributed by atoms with van der Waals surface area (Å²) < 4.78 is 7.90. The van der Waals surface area contributed by atoms with E-state index in [0.717, 1.165) is 26.2 Å². The fourth-order valence-corrected chi connectivity index (χ4v) is 2.24. The van der Waals surface area contributed by atoms with Crippen LogP contribution in [-0.4, -0.2) is 23.8 Å². The van der Waals surface area contributed by atoms with Crippen LogP contribution in [0.5, 0.6) is 0 Å². The van der Waals surface area contributed by atoms with Gasteiger partial charge in [0.2, 0.25) is 0 Å². The van der Waals surface area contributed by atoms with E-state index in [-0.39, 0.29) is 0 Å². The number of nitrogens with zero attached hydrogens (tertiary/aromatic N) is 1. The lowest BCUT2D eigenvalue weighted by atomic mass is 10.2. The molecule has 0 aromatic carbocycles. The van der Waals surface area contributed by atoms with Crippen LogP contribution in [-0.2, 0) is 17.8 Å². The molecular weight excluding hydrogens is 200 g/mol. The summed E-state index contributed by atoms with van der Waals surface area (Å²) in [6.07, 6.45) is 6.22. The maximum absolute atomic E-state index is 5.58. The predicted molar refractivity (Wildman–Crippen MR) is 65.4 cm³/mol. The highest BCUT2D eigenvalue weighted by atomic mass is 16.5. The third kappa shape index (κ3) is 3.09. The number of aryl methyl sites for hydroxylation is 1. The number of ether oxygens (including phenoxy) is 1. The van der Waals surface area contributed by atoms with E-state index in [0.29, 0.717) is 6.10 Å². The summed E-state index contributed by atoms with van der Waals surface area (Å²) in [5.41, 5.74) is 1.37. The first-order valence-corrected chi connectivity index (χ1v) is 6.36.